The number of nitrogens with one attached hydrogen (secondary N) is 1. The second kappa shape index (κ2) is 6.38. The molecule has 2 fully saturated rings. The molecular formula is C15H24N2O2. The molecule has 2 aliphatic rings. The molecule has 106 valence electrons. The van der Waals surface area contributed by atoms with E-state index in [-0.39, 0.29) is 12.5 Å². The van der Waals surface area contributed by atoms with Crippen molar-refractivity contribution in [3.63, 3.8) is 0 Å². The zero-order valence-electron chi connectivity index (χ0n) is 11.5. The third-order valence-electron chi connectivity index (χ3n) is 4.93. The Kier molecular flexibility index (Phi) is 4.81. The van der Waals surface area contributed by atoms with Crippen LogP contribution in [0.1, 0.15) is 51.4 Å². The average Bonchev–Trinajstić information content (AvgIpc) is 2.95. The third kappa shape index (κ3) is 3.09. The van der Waals surface area contributed by atoms with Crippen LogP contribution >= 0.6 is 0 Å². The minimum Gasteiger partial charge on any atom is -0.396 e. The number of rotatable bonds is 4. The van der Waals surface area contributed by atoms with Gasteiger partial charge in [-0.15, -0.1) is 0 Å². The Balaban J connectivity index is 1.87. The summed E-state index contributed by atoms with van der Waals surface area (Å²) in [6.07, 6.45) is 7.84. The molecule has 1 amide bonds. The molecule has 2 atom stereocenters. The van der Waals surface area contributed by atoms with Crippen LogP contribution in [0.15, 0.2) is 0 Å². The Bertz CT molecular complexity index is 356. The lowest BCUT2D eigenvalue weighted by Gasteiger charge is -2.31. The first kappa shape index (κ1) is 14.3. The lowest BCUT2D eigenvalue weighted by atomic mass is 9.79. The fourth-order valence-electron chi connectivity index (χ4n) is 3.55. The monoisotopic (exact) mass is 264 g/mol. The molecule has 0 heterocycles. The van der Waals surface area contributed by atoms with Crippen LogP contribution in [0.2, 0.25) is 0 Å². The third-order valence-corrected chi connectivity index (χ3v) is 4.93. The van der Waals surface area contributed by atoms with Gasteiger partial charge in [-0.3, -0.25) is 4.79 Å². The maximum absolute atomic E-state index is 12.2. The quantitative estimate of drug-likeness (QED) is 0.815. The summed E-state index contributed by atoms with van der Waals surface area (Å²) in [5.74, 6) is 0.602. The molecule has 0 aliphatic heterocycles. The number of carbonyl (C=O) groups is 1. The zero-order valence-corrected chi connectivity index (χ0v) is 11.5. The van der Waals surface area contributed by atoms with Gasteiger partial charge in [-0.25, -0.2) is 0 Å². The van der Waals surface area contributed by atoms with Crippen molar-refractivity contribution < 1.29 is 9.90 Å². The van der Waals surface area contributed by atoms with Gasteiger partial charge in [-0.05, 0) is 37.5 Å². The van der Waals surface area contributed by atoms with Gasteiger partial charge in [0.15, 0.2) is 0 Å². The fourth-order valence-corrected chi connectivity index (χ4v) is 3.55. The van der Waals surface area contributed by atoms with Crippen molar-refractivity contribution in [3.8, 4) is 6.07 Å². The van der Waals surface area contributed by atoms with Crippen LogP contribution in [0.5, 0.6) is 0 Å². The van der Waals surface area contributed by atoms with Crippen LogP contribution in [0.4, 0.5) is 0 Å². The predicted octanol–water partition coefficient (Wildman–Crippen LogP) is 1.99. The molecule has 2 aliphatic carbocycles. The smallest absolute Gasteiger partial charge is 0.240 e. The highest BCUT2D eigenvalue weighted by atomic mass is 16.3. The summed E-state index contributed by atoms with van der Waals surface area (Å²) in [5.41, 5.74) is -0.774. The van der Waals surface area contributed by atoms with Crippen LogP contribution in [-0.4, -0.2) is 24.2 Å². The molecule has 0 spiro atoms. The number of nitriles is 1. The molecule has 0 aromatic heterocycles. The van der Waals surface area contributed by atoms with E-state index in [1.165, 1.54) is 12.8 Å². The Morgan fingerprint density at radius 3 is 2.42 bits per heavy atom. The highest BCUT2D eigenvalue weighted by Gasteiger charge is 2.41. The van der Waals surface area contributed by atoms with Gasteiger partial charge in [0.2, 0.25) is 5.91 Å². The standard InChI is InChI=1S/C15H24N2O2/c16-11-15(7-3-4-8-15)14(19)17-9-12-5-1-2-6-13(12)10-18/h12-13,18H,1-10H2,(H,17,19). The van der Waals surface area contributed by atoms with Crippen LogP contribution in [0.3, 0.4) is 0 Å². The molecule has 19 heavy (non-hydrogen) atoms. The van der Waals surface area contributed by atoms with Gasteiger partial charge in [-0.1, -0.05) is 25.7 Å². The van der Waals surface area contributed by atoms with Gasteiger partial charge in [0, 0.05) is 13.2 Å². The Morgan fingerprint density at radius 2 is 1.84 bits per heavy atom. The van der Waals surface area contributed by atoms with E-state index in [4.69, 9.17) is 0 Å². The van der Waals surface area contributed by atoms with Crippen LogP contribution in [0.25, 0.3) is 0 Å². The second-order valence-corrected chi connectivity index (χ2v) is 6.10. The number of nitrogens with zero attached hydrogens (tertiary/aromatic N) is 1. The van der Waals surface area contributed by atoms with E-state index in [0.717, 1.165) is 25.7 Å². The lowest BCUT2D eigenvalue weighted by Crippen LogP contribution is -2.42. The summed E-state index contributed by atoms with van der Waals surface area (Å²) in [6, 6.07) is 2.23. The summed E-state index contributed by atoms with van der Waals surface area (Å²) >= 11 is 0. The first-order valence-corrected chi connectivity index (χ1v) is 7.52. The highest BCUT2D eigenvalue weighted by Crippen LogP contribution is 2.38. The minimum atomic E-state index is -0.774. The molecule has 0 saturated heterocycles. The summed E-state index contributed by atoms with van der Waals surface area (Å²) in [7, 11) is 0. The van der Waals surface area contributed by atoms with Gasteiger partial charge in [0.05, 0.1) is 6.07 Å². The van der Waals surface area contributed by atoms with Crippen LogP contribution < -0.4 is 5.32 Å². The predicted molar refractivity (Wildman–Crippen MR) is 72.1 cm³/mol. The van der Waals surface area contributed by atoms with Crippen molar-refractivity contribution in [1.82, 2.24) is 5.32 Å². The van der Waals surface area contributed by atoms with E-state index in [0.29, 0.717) is 31.2 Å². The number of amides is 1. The SMILES string of the molecule is N#CC1(C(=O)NCC2CCCCC2CO)CCCC1. The summed E-state index contributed by atoms with van der Waals surface area (Å²) in [5, 5.41) is 21.6. The van der Waals surface area contributed by atoms with E-state index in [1.807, 2.05) is 0 Å². The summed E-state index contributed by atoms with van der Waals surface area (Å²) in [4.78, 5) is 12.2. The molecule has 2 N–H and O–H groups in total. The van der Waals surface area contributed by atoms with Crippen molar-refractivity contribution in [2.75, 3.05) is 13.2 Å². The van der Waals surface area contributed by atoms with Gasteiger partial charge in [0.1, 0.15) is 5.41 Å². The largest absolute Gasteiger partial charge is 0.396 e. The molecule has 2 saturated carbocycles. The molecule has 0 radical (unpaired) electrons. The molecule has 4 nitrogen and oxygen atoms in total. The second-order valence-electron chi connectivity index (χ2n) is 6.10. The van der Waals surface area contributed by atoms with Gasteiger partial charge in [-0.2, -0.15) is 5.26 Å². The molecular weight excluding hydrogens is 240 g/mol. The van der Waals surface area contributed by atoms with E-state index in [2.05, 4.69) is 11.4 Å². The summed E-state index contributed by atoms with van der Waals surface area (Å²) in [6.45, 7) is 0.831. The van der Waals surface area contributed by atoms with Crippen molar-refractivity contribution in [2.24, 2.45) is 17.3 Å². The van der Waals surface area contributed by atoms with E-state index in [1.54, 1.807) is 0 Å². The number of hydrogen-bond donors (Lipinski definition) is 2. The van der Waals surface area contributed by atoms with E-state index in [9.17, 15) is 15.2 Å². The molecule has 2 unspecified atom stereocenters. The lowest BCUT2D eigenvalue weighted by molar-refractivity contribution is -0.128. The number of hydrogen-bond acceptors (Lipinski definition) is 3. The Hall–Kier alpha value is -1.08. The number of aliphatic hydroxyl groups is 1. The van der Waals surface area contributed by atoms with Gasteiger partial charge in [0.25, 0.3) is 0 Å². The normalized spacial score (nSPS) is 29.7. The van der Waals surface area contributed by atoms with Crippen molar-refractivity contribution in [2.45, 2.75) is 51.4 Å². The molecule has 2 rings (SSSR count). The van der Waals surface area contributed by atoms with E-state index < -0.39 is 5.41 Å². The highest BCUT2D eigenvalue weighted by molar-refractivity contribution is 5.85. The zero-order chi connectivity index (χ0) is 13.7. The van der Waals surface area contributed by atoms with Gasteiger partial charge >= 0.3 is 0 Å². The average molecular weight is 264 g/mol. The maximum atomic E-state index is 12.2. The molecule has 0 bridgehead atoms. The van der Waals surface area contributed by atoms with Crippen molar-refractivity contribution in [1.29, 1.82) is 5.26 Å². The maximum Gasteiger partial charge on any atom is 0.240 e. The first-order chi connectivity index (χ1) is 9.22. The van der Waals surface area contributed by atoms with Crippen LogP contribution in [0, 0.1) is 28.6 Å². The summed E-state index contributed by atoms with van der Waals surface area (Å²) < 4.78 is 0. The number of carbonyl (C=O) groups excluding carboxylic acids is 1. The van der Waals surface area contributed by atoms with E-state index >= 15 is 0 Å². The van der Waals surface area contributed by atoms with Crippen molar-refractivity contribution >= 4 is 5.91 Å². The molecule has 4 heteroatoms. The fraction of sp³-hybridized carbons (Fsp3) is 0.867. The Morgan fingerprint density at radius 1 is 1.21 bits per heavy atom. The first-order valence-electron chi connectivity index (χ1n) is 7.52. The molecule has 0 aromatic carbocycles. The van der Waals surface area contributed by atoms with Gasteiger partial charge < -0.3 is 10.4 Å². The Labute approximate surface area is 115 Å². The van der Waals surface area contributed by atoms with Crippen molar-refractivity contribution in [3.05, 3.63) is 0 Å². The molecule has 0 aromatic rings. The topological polar surface area (TPSA) is 73.1 Å². The number of aliphatic hydroxyl groups excluding tert-OH is 1. The van der Waals surface area contributed by atoms with Crippen LogP contribution in [-0.2, 0) is 4.79 Å². The minimum absolute atomic E-state index is 0.0882.